The van der Waals surface area contributed by atoms with Crippen LogP contribution in [-0.4, -0.2) is 32.0 Å². The highest BCUT2D eigenvalue weighted by atomic mass is 127. The van der Waals surface area contributed by atoms with E-state index < -0.39 is 0 Å². The zero-order valence-corrected chi connectivity index (χ0v) is 16.7. The zero-order valence-electron chi connectivity index (χ0n) is 12.8. The first kappa shape index (κ1) is 20.9. The quantitative estimate of drug-likeness (QED) is 0.254. The van der Waals surface area contributed by atoms with Crippen molar-refractivity contribution in [2.75, 3.05) is 25.5 Å². The lowest BCUT2D eigenvalue weighted by molar-refractivity contribution is -0.116. The Balaban J connectivity index is 0.00000441. The number of aryl methyl sites for hydroxylation is 1. The van der Waals surface area contributed by atoms with Crippen LogP contribution < -0.4 is 16.0 Å². The van der Waals surface area contributed by atoms with Gasteiger partial charge < -0.3 is 16.0 Å². The van der Waals surface area contributed by atoms with Crippen molar-refractivity contribution in [3.8, 4) is 0 Å². The Hall–Kier alpha value is -1.09. The van der Waals surface area contributed by atoms with Gasteiger partial charge >= 0.3 is 0 Å². The maximum atomic E-state index is 11.9. The Kier molecular flexibility index (Phi) is 10.9. The summed E-state index contributed by atoms with van der Waals surface area (Å²) in [4.78, 5) is 16.0. The standard InChI is InChI=1S/C15H21BrN4O.HI/c1-4-8-18-15(17-3)19-9-7-14(21)20-13-10-12(16)6-5-11(13)2;/h4-6,10H,1,7-9H2,2-3H3,(H,20,21)(H2,17,18,19);1H. The molecule has 1 amide bonds. The molecule has 0 unspecified atom stereocenters. The number of rotatable bonds is 6. The lowest BCUT2D eigenvalue weighted by atomic mass is 10.2. The summed E-state index contributed by atoms with van der Waals surface area (Å²) in [5, 5.41) is 9.01. The minimum Gasteiger partial charge on any atom is -0.356 e. The molecule has 122 valence electrons. The predicted octanol–water partition coefficient (Wildman–Crippen LogP) is 3.06. The van der Waals surface area contributed by atoms with E-state index in [0.717, 1.165) is 15.7 Å². The van der Waals surface area contributed by atoms with Crippen molar-refractivity contribution in [3.05, 3.63) is 40.9 Å². The number of aliphatic imine (C=N–C) groups is 1. The molecule has 0 saturated heterocycles. The molecule has 0 aliphatic heterocycles. The summed E-state index contributed by atoms with van der Waals surface area (Å²) in [7, 11) is 1.68. The number of benzene rings is 1. The molecular formula is C15H22BrIN4O. The molecule has 0 saturated carbocycles. The van der Waals surface area contributed by atoms with Crippen molar-refractivity contribution in [1.29, 1.82) is 0 Å². The normalized spacial score (nSPS) is 10.4. The maximum absolute atomic E-state index is 11.9. The molecule has 0 aliphatic rings. The SMILES string of the molecule is C=CCNC(=NC)NCCC(=O)Nc1cc(Br)ccc1C.I. The van der Waals surface area contributed by atoms with Crippen LogP contribution in [0.25, 0.3) is 0 Å². The molecule has 22 heavy (non-hydrogen) atoms. The van der Waals surface area contributed by atoms with Crippen molar-refractivity contribution < 1.29 is 4.79 Å². The van der Waals surface area contributed by atoms with Gasteiger partial charge in [-0.1, -0.05) is 28.1 Å². The number of halogens is 2. The Morgan fingerprint density at radius 1 is 1.41 bits per heavy atom. The molecule has 0 heterocycles. The van der Waals surface area contributed by atoms with Crippen molar-refractivity contribution in [2.45, 2.75) is 13.3 Å². The van der Waals surface area contributed by atoms with E-state index in [0.29, 0.717) is 25.5 Å². The lowest BCUT2D eigenvalue weighted by Crippen LogP contribution is -2.38. The first-order valence-electron chi connectivity index (χ1n) is 6.68. The van der Waals surface area contributed by atoms with E-state index in [2.05, 4.69) is 43.5 Å². The predicted molar refractivity (Wildman–Crippen MR) is 107 cm³/mol. The van der Waals surface area contributed by atoms with Crippen LogP contribution in [0.15, 0.2) is 40.3 Å². The average molecular weight is 481 g/mol. The van der Waals surface area contributed by atoms with Crippen molar-refractivity contribution in [1.82, 2.24) is 10.6 Å². The number of carbonyl (C=O) groups is 1. The molecule has 5 nitrogen and oxygen atoms in total. The molecule has 0 spiro atoms. The van der Waals surface area contributed by atoms with Crippen molar-refractivity contribution in [2.24, 2.45) is 4.99 Å². The van der Waals surface area contributed by atoms with Gasteiger partial charge in [-0.15, -0.1) is 30.6 Å². The van der Waals surface area contributed by atoms with E-state index in [-0.39, 0.29) is 29.9 Å². The fourth-order valence-electron chi connectivity index (χ4n) is 1.63. The van der Waals surface area contributed by atoms with Gasteiger partial charge in [0.05, 0.1) is 0 Å². The summed E-state index contributed by atoms with van der Waals surface area (Å²) >= 11 is 3.40. The van der Waals surface area contributed by atoms with Crippen LogP contribution in [0.4, 0.5) is 5.69 Å². The van der Waals surface area contributed by atoms with Crippen LogP contribution in [0.2, 0.25) is 0 Å². The number of guanidine groups is 1. The van der Waals surface area contributed by atoms with Crippen LogP contribution in [0.3, 0.4) is 0 Å². The number of carbonyl (C=O) groups excluding carboxylic acids is 1. The van der Waals surface area contributed by atoms with E-state index in [4.69, 9.17) is 0 Å². The van der Waals surface area contributed by atoms with Gasteiger partial charge in [0.2, 0.25) is 5.91 Å². The summed E-state index contributed by atoms with van der Waals surface area (Å²) < 4.78 is 0.940. The molecule has 3 N–H and O–H groups in total. The largest absolute Gasteiger partial charge is 0.356 e. The van der Waals surface area contributed by atoms with Crippen LogP contribution in [0, 0.1) is 6.92 Å². The van der Waals surface area contributed by atoms with Crippen LogP contribution >= 0.6 is 39.9 Å². The minimum atomic E-state index is -0.0390. The van der Waals surface area contributed by atoms with E-state index in [9.17, 15) is 4.79 Å². The number of hydrogen-bond donors (Lipinski definition) is 3. The summed E-state index contributed by atoms with van der Waals surface area (Å²) in [6, 6.07) is 5.80. The summed E-state index contributed by atoms with van der Waals surface area (Å²) in [6.07, 6.45) is 2.11. The van der Waals surface area contributed by atoms with Gasteiger partial charge in [0.25, 0.3) is 0 Å². The van der Waals surface area contributed by atoms with Gasteiger partial charge in [0.15, 0.2) is 5.96 Å². The second-order valence-electron chi connectivity index (χ2n) is 4.43. The summed E-state index contributed by atoms with van der Waals surface area (Å²) in [6.45, 7) is 6.72. The van der Waals surface area contributed by atoms with Gasteiger partial charge in [-0.05, 0) is 24.6 Å². The molecule has 0 bridgehead atoms. The van der Waals surface area contributed by atoms with Gasteiger partial charge in [0, 0.05) is 36.7 Å². The number of nitrogens with zero attached hydrogens (tertiary/aromatic N) is 1. The lowest BCUT2D eigenvalue weighted by Gasteiger charge is -2.11. The molecule has 0 fully saturated rings. The van der Waals surface area contributed by atoms with Gasteiger partial charge in [-0.2, -0.15) is 0 Å². The van der Waals surface area contributed by atoms with Gasteiger partial charge in [-0.25, -0.2) is 0 Å². The first-order chi connectivity index (χ1) is 10.1. The molecule has 1 aromatic rings. The molecular weight excluding hydrogens is 459 g/mol. The highest BCUT2D eigenvalue weighted by molar-refractivity contribution is 14.0. The summed E-state index contributed by atoms with van der Waals surface area (Å²) in [5.41, 5.74) is 1.85. The van der Waals surface area contributed by atoms with Crippen LogP contribution in [0.1, 0.15) is 12.0 Å². The highest BCUT2D eigenvalue weighted by Crippen LogP contribution is 2.20. The van der Waals surface area contributed by atoms with E-state index in [1.807, 2.05) is 25.1 Å². The Bertz CT molecular complexity index is 534. The Morgan fingerprint density at radius 3 is 2.77 bits per heavy atom. The second kappa shape index (κ2) is 11.5. The van der Waals surface area contributed by atoms with Gasteiger partial charge in [-0.3, -0.25) is 9.79 Å². The third kappa shape index (κ3) is 7.79. The fourth-order valence-corrected chi connectivity index (χ4v) is 1.99. The molecule has 0 atom stereocenters. The minimum absolute atomic E-state index is 0. The van der Waals surface area contributed by atoms with Gasteiger partial charge in [0.1, 0.15) is 0 Å². The highest BCUT2D eigenvalue weighted by Gasteiger charge is 2.05. The monoisotopic (exact) mass is 480 g/mol. The van der Waals surface area contributed by atoms with Crippen LogP contribution in [-0.2, 0) is 4.79 Å². The average Bonchev–Trinajstić information content (AvgIpc) is 2.46. The smallest absolute Gasteiger partial charge is 0.226 e. The zero-order chi connectivity index (χ0) is 15.7. The second-order valence-corrected chi connectivity index (χ2v) is 5.34. The number of hydrogen-bond acceptors (Lipinski definition) is 2. The number of amides is 1. The van der Waals surface area contributed by atoms with E-state index >= 15 is 0 Å². The molecule has 0 radical (unpaired) electrons. The fraction of sp³-hybridized carbons (Fsp3) is 0.333. The molecule has 1 rings (SSSR count). The van der Waals surface area contributed by atoms with Crippen LogP contribution in [0.5, 0.6) is 0 Å². The third-order valence-corrected chi connectivity index (χ3v) is 3.25. The van der Waals surface area contributed by atoms with Crippen molar-refractivity contribution >= 4 is 57.5 Å². The maximum Gasteiger partial charge on any atom is 0.226 e. The molecule has 1 aromatic carbocycles. The Labute approximate surface area is 157 Å². The number of anilines is 1. The topological polar surface area (TPSA) is 65.5 Å². The van der Waals surface area contributed by atoms with Crippen molar-refractivity contribution in [3.63, 3.8) is 0 Å². The summed E-state index contributed by atoms with van der Waals surface area (Å²) in [5.74, 6) is 0.615. The van der Waals surface area contributed by atoms with E-state index in [1.54, 1.807) is 13.1 Å². The molecule has 7 heteroatoms. The van der Waals surface area contributed by atoms with E-state index in [1.165, 1.54) is 0 Å². The molecule has 0 aromatic heterocycles. The first-order valence-corrected chi connectivity index (χ1v) is 7.47. The molecule has 0 aliphatic carbocycles. The Morgan fingerprint density at radius 2 is 2.14 bits per heavy atom. The third-order valence-electron chi connectivity index (χ3n) is 2.76. The number of nitrogens with one attached hydrogen (secondary N) is 3.